The lowest BCUT2D eigenvalue weighted by atomic mass is 9.71. The van der Waals surface area contributed by atoms with E-state index in [0.29, 0.717) is 36.2 Å². The second-order valence-corrected chi connectivity index (χ2v) is 12.6. The molecule has 0 spiro atoms. The standard InChI is InChI=1S/C37H48O8/c1-42-34(38)5-3-7-36(40)44-32-21-17-30(18-22-32)28-13-9-26(10-14-28)25-27-11-15-29(16-12-27)31-19-23-33(24-20-31)45-37(41)8-4-6-35(39)43-2/h17-24,26-29H,3-16,25H2,1-2H3. The normalized spacial score (nSPS) is 21.4. The molecular formula is C37H48O8. The van der Waals surface area contributed by atoms with Gasteiger partial charge in [0.2, 0.25) is 0 Å². The molecular weight excluding hydrogens is 572 g/mol. The molecule has 2 aliphatic rings. The molecule has 244 valence electrons. The fourth-order valence-corrected chi connectivity index (χ4v) is 6.87. The average molecular weight is 621 g/mol. The van der Waals surface area contributed by atoms with Crippen molar-refractivity contribution in [3.05, 3.63) is 59.7 Å². The summed E-state index contributed by atoms with van der Waals surface area (Å²) < 4.78 is 20.1. The summed E-state index contributed by atoms with van der Waals surface area (Å²) >= 11 is 0. The molecule has 0 unspecified atom stereocenters. The molecule has 45 heavy (non-hydrogen) atoms. The van der Waals surface area contributed by atoms with E-state index in [1.807, 2.05) is 24.3 Å². The van der Waals surface area contributed by atoms with Gasteiger partial charge in [-0.05, 0) is 130 Å². The number of carbonyl (C=O) groups is 4. The number of carbonyl (C=O) groups excluding carboxylic acids is 4. The van der Waals surface area contributed by atoms with Gasteiger partial charge in [0.15, 0.2) is 0 Å². The molecule has 0 N–H and O–H groups in total. The molecule has 0 saturated heterocycles. The average Bonchev–Trinajstić information content (AvgIpc) is 3.06. The number of hydrogen-bond donors (Lipinski definition) is 0. The molecule has 0 aromatic heterocycles. The Morgan fingerprint density at radius 1 is 0.511 bits per heavy atom. The molecule has 0 aliphatic heterocycles. The molecule has 0 heterocycles. The maximum Gasteiger partial charge on any atom is 0.311 e. The third-order valence-corrected chi connectivity index (χ3v) is 9.51. The van der Waals surface area contributed by atoms with Crippen molar-refractivity contribution in [3.8, 4) is 11.5 Å². The Morgan fingerprint density at radius 2 is 0.844 bits per heavy atom. The van der Waals surface area contributed by atoms with Gasteiger partial charge in [0.1, 0.15) is 11.5 Å². The number of methoxy groups -OCH3 is 2. The van der Waals surface area contributed by atoms with Crippen molar-refractivity contribution in [2.45, 2.75) is 108 Å². The third kappa shape index (κ3) is 11.3. The van der Waals surface area contributed by atoms with Crippen LogP contribution in [0, 0.1) is 11.8 Å². The second kappa shape index (κ2) is 17.7. The lowest BCUT2D eigenvalue weighted by Crippen LogP contribution is -2.20. The van der Waals surface area contributed by atoms with E-state index in [-0.39, 0.29) is 49.6 Å². The Hall–Kier alpha value is -3.68. The van der Waals surface area contributed by atoms with Gasteiger partial charge in [0.05, 0.1) is 14.2 Å². The topological polar surface area (TPSA) is 105 Å². The molecule has 0 atom stereocenters. The SMILES string of the molecule is COC(=O)CCCC(=O)Oc1ccc(C2CCC(CC3CCC(c4ccc(OC(=O)CCCC(=O)OC)cc4)CC3)CC2)cc1. The Bertz CT molecular complexity index is 1140. The maximum atomic E-state index is 12.1. The number of ether oxygens (including phenoxy) is 4. The quantitative estimate of drug-likeness (QED) is 0.155. The van der Waals surface area contributed by atoms with Crippen molar-refractivity contribution in [1.29, 1.82) is 0 Å². The van der Waals surface area contributed by atoms with Gasteiger partial charge in [0, 0.05) is 25.7 Å². The van der Waals surface area contributed by atoms with Crippen molar-refractivity contribution in [2.75, 3.05) is 14.2 Å². The smallest absolute Gasteiger partial charge is 0.311 e. The van der Waals surface area contributed by atoms with Gasteiger partial charge in [-0.25, -0.2) is 0 Å². The summed E-state index contributed by atoms with van der Waals surface area (Å²) in [6.07, 6.45) is 12.9. The number of benzene rings is 2. The fraction of sp³-hybridized carbons (Fsp3) is 0.568. The van der Waals surface area contributed by atoms with Crippen molar-refractivity contribution in [1.82, 2.24) is 0 Å². The summed E-state index contributed by atoms with van der Waals surface area (Å²) in [6.45, 7) is 0. The van der Waals surface area contributed by atoms with Crippen LogP contribution in [0.1, 0.15) is 119 Å². The zero-order chi connectivity index (χ0) is 32.0. The first-order valence-electron chi connectivity index (χ1n) is 16.6. The summed E-state index contributed by atoms with van der Waals surface area (Å²) in [6, 6.07) is 15.9. The highest BCUT2D eigenvalue weighted by molar-refractivity contribution is 5.75. The van der Waals surface area contributed by atoms with Gasteiger partial charge in [-0.15, -0.1) is 0 Å². The third-order valence-electron chi connectivity index (χ3n) is 9.51. The zero-order valence-electron chi connectivity index (χ0n) is 26.8. The highest BCUT2D eigenvalue weighted by Gasteiger charge is 2.28. The van der Waals surface area contributed by atoms with E-state index in [4.69, 9.17) is 9.47 Å². The Labute approximate surface area is 267 Å². The van der Waals surface area contributed by atoms with Crippen LogP contribution >= 0.6 is 0 Å². The van der Waals surface area contributed by atoms with Crippen LogP contribution in [0.4, 0.5) is 0 Å². The second-order valence-electron chi connectivity index (χ2n) is 12.6. The predicted molar refractivity (Wildman–Crippen MR) is 170 cm³/mol. The predicted octanol–water partition coefficient (Wildman–Crippen LogP) is 7.82. The molecule has 2 aromatic rings. The number of rotatable bonds is 14. The minimum absolute atomic E-state index is 0.191. The Balaban J connectivity index is 1.12. The molecule has 0 bridgehead atoms. The number of esters is 4. The van der Waals surface area contributed by atoms with Crippen molar-refractivity contribution >= 4 is 23.9 Å². The minimum atomic E-state index is -0.330. The molecule has 4 rings (SSSR count). The zero-order valence-corrected chi connectivity index (χ0v) is 26.8. The minimum Gasteiger partial charge on any atom is -0.469 e. The van der Waals surface area contributed by atoms with E-state index in [1.54, 1.807) is 0 Å². The summed E-state index contributed by atoms with van der Waals surface area (Å²) in [5.41, 5.74) is 2.64. The van der Waals surface area contributed by atoms with E-state index in [1.165, 1.54) is 83.1 Å². The van der Waals surface area contributed by atoms with Crippen molar-refractivity contribution in [3.63, 3.8) is 0 Å². The van der Waals surface area contributed by atoms with E-state index in [0.717, 1.165) is 11.8 Å². The van der Waals surface area contributed by atoms with Gasteiger partial charge >= 0.3 is 23.9 Å². The molecule has 2 aliphatic carbocycles. The molecule has 2 fully saturated rings. The van der Waals surface area contributed by atoms with E-state index in [9.17, 15) is 19.2 Å². The maximum absolute atomic E-state index is 12.1. The Morgan fingerprint density at radius 3 is 1.18 bits per heavy atom. The summed E-state index contributed by atoms with van der Waals surface area (Å²) in [4.78, 5) is 46.5. The highest BCUT2D eigenvalue weighted by atomic mass is 16.5. The van der Waals surface area contributed by atoms with Crippen LogP contribution in [0.25, 0.3) is 0 Å². The first kappa shape index (κ1) is 34.2. The molecule has 8 heteroatoms. The van der Waals surface area contributed by atoms with Crippen LogP contribution in [0.3, 0.4) is 0 Å². The van der Waals surface area contributed by atoms with Gasteiger partial charge in [-0.1, -0.05) is 24.3 Å². The van der Waals surface area contributed by atoms with E-state index in [2.05, 4.69) is 33.7 Å². The van der Waals surface area contributed by atoms with Crippen LogP contribution in [0.2, 0.25) is 0 Å². The monoisotopic (exact) mass is 620 g/mol. The summed E-state index contributed by atoms with van der Waals surface area (Å²) in [7, 11) is 2.68. The Kier molecular flexibility index (Phi) is 13.5. The summed E-state index contributed by atoms with van der Waals surface area (Å²) in [5.74, 6) is 2.53. The lowest BCUT2D eigenvalue weighted by Gasteiger charge is -2.34. The fourth-order valence-electron chi connectivity index (χ4n) is 6.87. The first-order chi connectivity index (χ1) is 21.8. The molecule has 2 aromatic carbocycles. The van der Waals surface area contributed by atoms with Crippen LogP contribution < -0.4 is 9.47 Å². The van der Waals surface area contributed by atoms with E-state index < -0.39 is 0 Å². The van der Waals surface area contributed by atoms with Gasteiger partial charge in [-0.3, -0.25) is 19.2 Å². The lowest BCUT2D eigenvalue weighted by molar-refractivity contribution is -0.142. The van der Waals surface area contributed by atoms with Crippen molar-refractivity contribution in [2.24, 2.45) is 11.8 Å². The van der Waals surface area contributed by atoms with Crippen LogP contribution in [-0.4, -0.2) is 38.1 Å². The van der Waals surface area contributed by atoms with Crippen LogP contribution in [0.15, 0.2) is 48.5 Å². The van der Waals surface area contributed by atoms with Gasteiger partial charge in [0.25, 0.3) is 0 Å². The molecule has 0 radical (unpaired) electrons. The number of hydrogen-bond acceptors (Lipinski definition) is 8. The largest absolute Gasteiger partial charge is 0.469 e. The van der Waals surface area contributed by atoms with E-state index >= 15 is 0 Å². The highest BCUT2D eigenvalue weighted by Crippen LogP contribution is 2.43. The van der Waals surface area contributed by atoms with Crippen molar-refractivity contribution < 1.29 is 38.1 Å². The van der Waals surface area contributed by atoms with Crippen LogP contribution in [-0.2, 0) is 28.7 Å². The molecule has 2 saturated carbocycles. The summed E-state index contributed by atoms with van der Waals surface area (Å²) in [5, 5.41) is 0. The molecule has 0 amide bonds. The van der Waals surface area contributed by atoms with Gasteiger partial charge < -0.3 is 18.9 Å². The van der Waals surface area contributed by atoms with Crippen LogP contribution in [0.5, 0.6) is 11.5 Å². The van der Waals surface area contributed by atoms with Gasteiger partial charge in [-0.2, -0.15) is 0 Å². The first-order valence-corrected chi connectivity index (χ1v) is 16.6. The molecule has 8 nitrogen and oxygen atoms in total.